The van der Waals surface area contributed by atoms with E-state index < -0.39 is 17.6 Å². The lowest BCUT2D eigenvalue weighted by atomic mass is 9.77. The van der Waals surface area contributed by atoms with Gasteiger partial charge >= 0.3 is 5.97 Å². The number of cyclic esters (lactones) is 1. The maximum absolute atomic E-state index is 13.0. The van der Waals surface area contributed by atoms with Gasteiger partial charge in [0.05, 0.1) is 16.9 Å². The van der Waals surface area contributed by atoms with Gasteiger partial charge in [-0.05, 0) is 24.6 Å². The number of benzene rings is 1. The number of esters is 1. The van der Waals surface area contributed by atoms with Gasteiger partial charge in [-0.1, -0.05) is 25.1 Å². The van der Waals surface area contributed by atoms with Crippen LogP contribution >= 0.6 is 0 Å². The Bertz CT molecular complexity index is 1070. The number of Topliss-reactive ketones (excluding diaryl/α,β-unsaturated/α-hetero) is 1. The molecule has 130 valence electrons. The number of pyridine rings is 1. The first-order valence-electron chi connectivity index (χ1n) is 8.58. The van der Waals surface area contributed by atoms with E-state index in [1.165, 1.54) is 0 Å². The summed E-state index contributed by atoms with van der Waals surface area (Å²) in [7, 11) is 0. The van der Waals surface area contributed by atoms with Crippen LogP contribution in [0.25, 0.3) is 16.5 Å². The third-order valence-electron chi connectivity index (χ3n) is 5.44. The molecule has 0 radical (unpaired) electrons. The van der Waals surface area contributed by atoms with Crippen LogP contribution in [0.4, 0.5) is 5.69 Å². The van der Waals surface area contributed by atoms with Crippen LogP contribution in [0.2, 0.25) is 0 Å². The molecule has 0 saturated heterocycles. The van der Waals surface area contributed by atoms with E-state index in [2.05, 4.69) is 5.32 Å². The van der Waals surface area contributed by atoms with Crippen molar-refractivity contribution in [2.24, 2.45) is 0 Å². The average Bonchev–Trinajstić information content (AvgIpc) is 3.01. The van der Waals surface area contributed by atoms with E-state index in [1.54, 1.807) is 13.0 Å². The zero-order valence-electron chi connectivity index (χ0n) is 14.1. The second-order valence-corrected chi connectivity index (χ2v) is 6.80. The molecule has 2 aliphatic heterocycles. The van der Waals surface area contributed by atoms with Crippen LogP contribution < -0.4 is 5.32 Å². The van der Waals surface area contributed by atoms with Crippen molar-refractivity contribution in [3.05, 3.63) is 53.2 Å². The van der Waals surface area contributed by atoms with Gasteiger partial charge in [0.1, 0.15) is 12.6 Å². The zero-order chi connectivity index (χ0) is 18.1. The smallest absolute Gasteiger partial charge is 0.343 e. The molecule has 2 atom stereocenters. The third kappa shape index (κ3) is 1.82. The molecule has 5 rings (SSSR count). The van der Waals surface area contributed by atoms with E-state index in [1.807, 2.05) is 30.3 Å². The molecule has 0 amide bonds. The number of nitrogens with zero attached hydrogens (tertiary/aromatic N) is 1. The summed E-state index contributed by atoms with van der Waals surface area (Å²) in [6.07, 6.45) is 1.88. The molecule has 3 aliphatic rings. The Kier molecular flexibility index (Phi) is 2.95. The minimum absolute atomic E-state index is 0.108. The summed E-state index contributed by atoms with van der Waals surface area (Å²) in [6.45, 7) is 1.59. The predicted molar refractivity (Wildman–Crippen MR) is 95.4 cm³/mol. The first kappa shape index (κ1) is 15.3. The topological polar surface area (TPSA) is 88.5 Å². The molecule has 0 saturated carbocycles. The molecule has 6 nitrogen and oxygen atoms in total. The van der Waals surface area contributed by atoms with Gasteiger partial charge < -0.3 is 15.2 Å². The molecule has 1 aliphatic carbocycles. The predicted octanol–water partition coefficient (Wildman–Crippen LogP) is 1.99. The third-order valence-corrected chi connectivity index (χ3v) is 5.44. The molecule has 0 fully saturated rings. The van der Waals surface area contributed by atoms with Gasteiger partial charge in [-0.15, -0.1) is 0 Å². The highest BCUT2D eigenvalue weighted by Gasteiger charge is 2.50. The number of rotatable bonds is 1. The molecular weight excluding hydrogens is 332 g/mol. The van der Waals surface area contributed by atoms with Crippen LogP contribution in [0.15, 0.2) is 47.6 Å². The second kappa shape index (κ2) is 5.02. The lowest BCUT2D eigenvalue weighted by molar-refractivity contribution is -0.163. The quantitative estimate of drug-likeness (QED) is 0.766. The highest BCUT2D eigenvalue weighted by molar-refractivity contribution is 6.17. The maximum atomic E-state index is 13.0. The number of ether oxygens (including phenoxy) is 1. The van der Waals surface area contributed by atoms with Crippen molar-refractivity contribution in [1.29, 1.82) is 0 Å². The summed E-state index contributed by atoms with van der Waals surface area (Å²) < 4.78 is 5.07. The summed E-state index contributed by atoms with van der Waals surface area (Å²) in [6, 6.07) is 9.14. The van der Waals surface area contributed by atoms with E-state index in [-0.39, 0.29) is 18.8 Å². The van der Waals surface area contributed by atoms with Crippen molar-refractivity contribution in [2.45, 2.75) is 25.0 Å². The average molecular weight is 348 g/mol. The fraction of sp³-hybridized carbons (Fsp3) is 0.250. The number of para-hydroxylation sites is 1. The van der Waals surface area contributed by atoms with E-state index in [0.717, 1.165) is 16.6 Å². The molecule has 0 bridgehead atoms. The molecular formula is C20H16N2O4. The molecule has 2 aromatic rings. The number of aromatic nitrogens is 1. The van der Waals surface area contributed by atoms with Crippen LogP contribution in [0.5, 0.6) is 0 Å². The van der Waals surface area contributed by atoms with Crippen molar-refractivity contribution < 1.29 is 19.4 Å². The summed E-state index contributed by atoms with van der Waals surface area (Å²) in [5.41, 5.74) is 1.89. The van der Waals surface area contributed by atoms with E-state index in [0.29, 0.717) is 22.4 Å². The Morgan fingerprint density at radius 2 is 2.15 bits per heavy atom. The standard InChI is InChI=1S/C20H16N2O4/c1-2-20(25)13-8-11-16-15(7-10-5-3-4-6-14(10)21-16)22-17(11)18(23)12(13)9-26-19(20)24/h3-8,17,22,25H,2,9H2,1H3/t17?,20-/m0/s1. The molecule has 1 aromatic carbocycles. The highest BCUT2D eigenvalue weighted by atomic mass is 16.6. The number of fused-ring (bicyclic) bond motifs is 4. The molecule has 3 heterocycles. The zero-order valence-corrected chi connectivity index (χ0v) is 14.1. The van der Waals surface area contributed by atoms with Crippen molar-refractivity contribution in [2.75, 3.05) is 11.9 Å². The molecule has 1 unspecified atom stereocenters. The van der Waals surface area contributed by atoms with Crippen molar-refractivity contribution in [3.63, 3.8) is 0 Å². The molecule has 2 N–H and O–H groups in total. The minimum Gasteiger partial charge on any atom is -0.458 e. The van der Waals surface area contributed by atoms with Crippen LogP contribution in [-0.4, -0.2) is 40.1 Å². The van der Waals surface area contributed by atoms with E-state index in [9.17, 15) is 14.7 Å². The Morgan fingerprint density at radius 3 is 2.96 bits per heavy atom. The normalized spacial score (nSPS) is 26.7. The lowest BCUT2D eigenvalue weighted by Gasteiger charge is -2.35. The number of aliphatic hydroxyl groups is 1. The number of hydrogen-bond acceptors (Lipinski definition) is 6. The van der Waals surface area contributed by atoms with Crippen molar-refractivity contribution >= 4 is 33.9 Å². The number of nitrogens with one attached hydrogen (secondary N) is 1. The SMILES string of the molecule is CC[C@@]1(O)C(=O)OCC2=C1C=C1c3nc4ccccc4cc3NC1C2=O. The fourth-order valence-corrected chi connectivity index (χ4v) is 3.94. The number of ketones is 1. The van der Waals surface area contributed by atoms with Gasteiger partial charge in [-0.2, -0.15) is 0 Å². The van der Waals surface area contributed by atoms with Gasteiger partial charge in [0.15, 0.2) is 11.4 Å². The number of carbonyl (C=O) groups excluding carboxylic acids is 2. The van der Waals surface area contributed by atoms with Crippen LogP contribution in [0, 0.1) is 0 Å². The van der Waals surface area contributed by atoms with Crippen molar-refractivity contribution in [3.8, 4) is 0 Å². The molecule has 26 heavy (non-hydrogen) atoms. The molecule has 1 aromatic heterocycles. The Hall–Kier alpha value is -2.99. The summed E-state index contributed by atoms with van der Waals surface area (Å²) in [5, 5.41) is 15.0. The van der Waals surface area contributed by atoms with Gasteiger partial charge in [0.2, 0.25) is 0 Å². The largest absolute Gasteiger partial charge is 0.458 e. The number of carbonyl (C=O) groups is 2. The van der Waals surface area contributed by atoms with Gasteiger partial charge in [-0.3, -0.25) is 4.79 Å². The highest BCUT2D eigenvalue weighted by Crippen LogP contribution is 2.44. The Balaban J connectivity index is 1.73. The fourth-order valence-electron chi connectivity index (χ4n) is 3.94. The second-order valence-electron chi connectivity index (χ2n) is 6.80. The van der Waals surface area contributed by atoms with E-state index in [4.69, 9.17) is 9.72 Å². The molecule has 0 spiro atoms. The first-order valence-corrected chi connectivity index (χ1v) is 8.58. The number of hydrogen-bond donors (Lipinski definition) is 2. The summed E-state index contributed by atoms with van der Waals surface area (Å²) in [4.78, 5) is 29.9. The minimum atomic E-state index is -1.79. The van der Waals surface area contributed by atoms with Crippen molar-refractivity contribution in [1.82, 2.24) is 4.98 Å². The van der Waals surface area contributed by atoms with E-state index >= 15 is 0 Å². The van der Waals surface area contributed by atoms with Gasteiger partial charge in [0, 0.05) is 22.1 Å². The van der Waals surface area contributed by atoms with Gasteiger partial charge in [-0.25, -0.2) is 9.78 Å². The van der Waals surface area contributed by atoms with Crippen LogP contribution in [0.1, 0.15) is 19.0 Å². The number of anilines is 1. The summed E-state index contributed by atoms with van der Waals surface area (Å²) in [5.74, 6) is -0.890. The monoisotopic (exact) mass is 348 g/mol. The van der Waals surface area contributed by atoms with Crippen LogP contribution in [0.3, 0.4) is 0 Å². The van der Waals surface area contributed by atoms with Crippen LogP contribution in [-0.2, 0) is 14.3 Å². The molecule has 6 heteroatoms. The summed E-state index contributed by atoms with van der Waals surface area (Å²) >= 11 is 0. The van der Waals surface area contributed by atoms with Gasteiger partial charge in [0.25, 0.3) is 0 Å². The maximum Gasteiger partial charge on any atom is 0.343 e. The first-order chi connectivity index (χ1) is 12.5. The Labute approximate surface area is 149 Å². The lowest BCUT2D eigenvalue weighted by Crippen LogP contribution is -2.49. The Morgan fingerprint density at radius 1 is 1.35 bits per heavy atom.